The van der Waals surface area contributed by atoms with Crippen LogP contribution in [0.4, 0.5) is 0 Å². The number of nitrogens with two attached hydrogens (primary N) is 1. The van der Waals surface area contributed by atoms with Gasteiger partial charge in [-0.05, 0) is 55.4 Å². The number of benzene rings is 2. The predicted molar refractivity (Wildman–Crippen MR) is 108 cm³/mol. The Labute approximate surface area is 161 Å². The lowest BCUT2D eigenvalue weighted by atomic mass is 10.0. The highest BCUT2D eigenvalue weighted by molar-refractivity contribution is 5.99. The predicted octanol–water partition coefficient (Wildman–Crippen LogP) is 3.96. The van der Waals surface area contributed by atoms with Crippen LogP contribution in [0.1, 0.15) is 42.4 Å². The summed E-state index contributed by atoms with van der Waals surface area (Å²) >= 11 is 0. The molecule has 26 heavy (non-hydrogen) atoms. The Kier molecular flexibility index (Phi) is 6.17. The zero-order valence-corrected chi connectivity index (χ0v) is 15.8. The maximum atomic E-state index is 6.03. The second-order valence-corrected chi connectivity index (χ2v) is 6.94. The van der Waals surface area contributed by atoms with E-state index in [1.165, 1.54) is 36.8 Å². The first-order valence-corrected chi connectivity index (χ1v) is 9.19. The quantitative estimate of drug-likeness (QED) is 0.809. The summed E-state index contributed by atoms with van der Waals surface area (Å²) in [5.41, 5.74) is 3.67. The molecule has 4 rings (SSSR count). The second kappa shape index (κ2) is 8.56. The molecule has 2 N–H and O–H groups in total. The standard InChI is InChI=1S/C21H25N3O.ClH/c22-24-14-13-23-21(24)18-9-5-16(6-10-18)15-17-7-11-20(12-8-17)25-19-3-1-2-4-19;/h5-12,19H,1-4,13-15,22H2;1H. The van der Waals surface area contributed by atoms with Crippen molar-refractivity contribution in [2.24, 2.45) is 10.8 Å². The highest BCUT2D eigenvalue weighted by Gasteiger charge is 2.16. The minimum absolute atomic E-state index is 0. The van der Waals surface area contributed by atoms with Crippen molar-refractivity contribution in [1.82, 2.24) is 5.01 Å². The average molecular weight is 372 g/mol. The van der Waals surface area contributed by atoms with Crippen molar-refractivity contribution in [3.63, 3.8) is 0 Å². The summed E-state index contributed by atoms with van der Waals surface area (Å²) in [6.45, 7) is 1.58. The van der Waals surface area contributed by atoms with Gasteiger partial charge >= 0.3 is 0 Å². The van der Waals surface area contributed by atoms with E-state index in [4.69, 9.17) is 10.6 Å². The van der Waals surface area contributed by atoms with E-state index in [1.807, 2.05) is 0 Å². The van der Waals surface area contributed by atoms with Crippen LogP contribution >= 0.6 is 12.4 Å². The smallest absolute Gasteiger partial charge is 0.145 e. The number of halogens is 1. The van der Waals surface area contributed by atoms with E-state index in [9.17, 15) is 0 Å². The first-order valence-electron chi connectivity index (χ1n) is 9.19. The lowest BCUT2D eigenvalue weighted by Gasteiger charge is -2.14. The maximum Gasteiger partial charge on any atom is 0.145 e. The lowest BCUT2D eigenvalue weighted by molar-refractivity contribution is 0.210. The third-order valence-electron chi connectivity index (χ3n) is 5.02. The Morgan fingerprint density at radius 3 is 2.15 bits per heavy atom. The SMILES string of the molecule is Cl.NN1CCN=C1c1ccc(Cc2ccc(OC3CCCC3)cc2)cc1. The first-order chi connectivity index (χ1) is 12.3. The summed E-state index contributed by atoms with van der Waals surface area (Å²) in [7, 11) is 0. The second-order valence-electron chi connectivity index (χ2n) is 6.94. The summed E-state index contributed by atoms with van der Waals surface area (Å²) in [5, 5.41) is 1.72. The average Bonchev–Trinajstić information content (AvgIpc) is 3.29. The Hall–Kier alpha value is -2.04. The van der Waals surface area contributed by atoms with Gasteiger partial charge in [0, 0.05) is 5.56 Å². The van der Waals surface area contributed by atoms with Gasteiger partial charge in [0.1, 0.15) is 11.6 Å². The van der Waals surface area contributed by atoms with E-state index in [0.29, 0.717) is 6.10 Å². The van der Waals surface area contributed by atoms with E-state index in [1.54, 1.807) is 5.01 Å². The number of nitrogens with zero attached hydrogens (tertiary/aromatic N) is 2. The van der Waals surface area contributed by atoms with Gasteiger partial charge in [0.25, 0.3) is 0 Å². The molecule has 0 aromatic heterocycles. The van der Waals surface area contributed by atoms with Crippen LogP contribution in [0.5, 0.6) is 5.75 Å². The Bertz CT molecular complexity index is 737. The summed E-state index contributed by atoms with van der Waals surface area (Å²) in [5.74, 6) is 7.82. The fourth-order valence-electron chi connectivity index (χ4n) is 3.61. The molecule has 0 bridgehead atoms. The molecule has 1 heterocycles. The van der Waals surface area contributed by atoms with Crippen LogP contribution in [0, 0.1) is 0 Å². The van der Waals surface area contributed by atoms with Crippen LogP contribution in [-0.4, -0.2) is 30.0 Å². The molecular weight excluding hydrogens is 346 g/mol. The summed E-state index contributed by atoms with van der Waals surface area (Å²) in [6, 6.07) is 17.1. The molecule has 2 aromatic rings. The van der Waals surface area contributed by atoms with E-state index < -0.39 is 0 Å². The fraction of sp³-hybridized carbons (Fsp3) is 0.381. The zero-order chi connectivity index (χ0) is 17.1. The number of ether oxygens (including phenoxy) is 1. The van der Waals surface area contributed by atoms with Crippen molar-refractivity contribution < 1.29 is 4.74 Å². The van der Waals surface area contributed by atoms with Gasteiger partial charge in [0.15, 0.2) is 0 Å². The Morgan fingerprint density at radius 2 is 1.58 bits per heavy atom. The Balaban J connectivity index is 0.00000196. The molecule has 1 saturated carbocycles. The van der Waals surface area contributed by atoms with Gasteiger partial charge in [-0.2, -0.15) is 0 Å². The molecular formula is C21H26ClN3O. The zero-order valence-electron chi connectivity index (χ0n) is 14.9. The van der Waals surface area contributed by atoms with Gasteiger partial charge in [-0.15, -0.1) is 12.4 Å². The van der Waals surface area contributed by atoms with Crippen LogP contribution in [0.25, 0.3) is 0 Å². The van der Waals surface area contributed by atoms with E-state index in [0.717, 1.165) is 36.7 Å². The highest BCUT2D eigenvalue weighted by Crippen LogP contribution is 2.24. The van der Waals surface area contributed by atoms with Gasteiger partial charge in [0.05, 0.1) is 19.2 Å². The number of hydrogen-bond acceptors (Lipinski definition) is 4. The molecule has 1 aliphatic heterocycles. The molecule has 0 spiro atoms. The van der Waals surface area contributed by atoms with Crippen molar-refractivity contribution >= 4 is 18.2 Å². The summed E-state index contributed by atoms with van der Waals surface area (Å²) in [4.78, 5) is 4.46. The molecule has 0 saturated heterocycles. The highest BCUT2D eigenvalue weighted by atomic mass is 35.5. The molecule has 0 atom stereocenters. The van der Waals surface area contributed by atoms with Gasteiger partial charge in [0.2, 0.25) is 0 Å². The van der Waals surface area contributed by atoms with Crippen molar-refractivity contribution in [2.45, 2.75) is 38.2 Å². The fourth-order valence-corrected chi connectivity index (χ4v) is 3.61. The third-order valence-corrected chi connectivity index (χ3v) is 5.02. The van der Waals surface area contributed by atoms with Crippen LogP contribution < -0.4 is 10.6 Å². The minimum atomic E-state index is 0. The van der Waals surface area contributed by atoms with Crippen molar-refractivity contribution in [1.29, 1.82) is 0 Å². The van der Waals surface area contributed by atoms with Crippen molar-refractivity contribution in [3.05, 3.63) is 65.2 Å². The molecule has 0 amide bonds. The molecule has 2 aromatic carbocycles. The number of hydrogen-bond donors (Lipinski definition) is 1. The van der Waals surface area contributed by atoms with E-state index >= 15 is 0 Å². The minimum Gasteiger partial charge on any atom is -0.490 e. The number of amidine groups is 1. The molecule has 5 heteroatoms. The monoisotopic (exact) mass is 371 g/mol. The van der Waals surface area contributed by atoms with Gasteiger partial charge < -0.3 is 4.74 Å². The number of hydrazine groups is 1. The molecule has 0 unspecified atom stereocenters. The number of rotatable bonds is 5. The third kappa shape index (κ3) is 4.37. The van der Waals surface area contributed by atoms with E-state index in [2.05, 4.69) is 53.5 Å². The Morgan fingerprint density at radius 1 is 0.962 bits per heavy atom. The topological polar surface area (TPSA) is 50.8 Å². The molecule has 2 aliphatic rings. The molecule has 1 fully saturated rings. The molecule has 1 aliphatic carbocycles. The van der Waals surface area contributed by atoms with Crippen LogP contribution in [0.2, 0.25) is 0 Å². The molecule has 4 nitrogen and oxygen atoms in total. The normalized spacial score (nSPS) is 17.1. The van der Waals surface area contributed by atoms with Gasteiger partial charge in [-0.25, -0.2) is 5.84 Å². The molecule has 0 radical (unpaired) electrons. The van der Waals surface area contributed by atoms with Crippen molar-refractivity contribution in [2.75, 3.05) is 13.1 Å². The summed E-state index contributed by atoms with van der Waals surface area (Å²) < 4.78 is 6.03. The van der Waals surface area contributed by atoms with Crippen LogP contribution in [-0.2, 0) is 6.42 Å². The van der Waals surface area contributed by atoms with Crippen LogP contribution in [0.15, 0.2) is 53.5 Å². The lowest BCUT2D eigenvalue weighted by Crippen LogP contribution is -2.34. The summed E-state index contributed by atoms with van der Waals surface area (Å²) in [6.07, 6.45) is 6.32. The van der Waals surface area contributed by atoms with Crippen molar-refractivity contribution in [3.8, 4) is 5.75 Å². The largest absolute Gasteiger partial charge is 0.490 e. The first kappa shape index (κ1) is 18.7. The van der Waals surface area contributed by atoms with E-state index in [-0.39, 0.29) is 12.4 Å². The number of aliphatic imine (C=N–C) groups is 1. The molecule has 138 valence electrons. The maximum absolute atomic E-state index is 6.03. The van der Waals surface area contributed by atoms with Gasteiger partial charge in [-0.3, -0.25) is 10.0 Å². The van der Waals surface area contributed by atoms with Gasteiger partial charge in [-0.1, -0.05) is 36.4 Å². The van der Waals surface area contributed by atoms with Crippen LogP contribution in [0.3, 0.4) is 0 Å².